The Balaban J connectivity index is 2.01. The molecular weight excluding hydrogens is 484 g/mol. The Morgan fingerprint density at radius 3 is 2.50 bits per heavy atom. The number of carboxylic acids is 2. The van der Waals surface area contributed by atoms with Crippen LogP contribution in [0, 0.1) is 6.92 Å². The van der Waals surface area contributed by atoms with Gasteiger partial charge in [-0.15, -0.1) is 0 Å². The minimum atomic E-state index is -1.05. The molecule has 0 fully saturated rings. The van der Waals surface area contributed by atoms with Crippen molar-refractivity contribution in [3.8, 4) is 28.2 Å². The van der Waals surface area contributed by atoms with E-state index < -0.39 is 11.9 Å². The number of aromatic carboxylic acids is 1. The van der Waals surface area contributed by atoms with Gasteiger partial charge in [-0.1, -0.05) is 0 Å². The summed E-state index contributed by atoms with van der Waals surface area (Å²) >= 11 is 0. The minimum absolute atomic E-state index is 0.00250. The van der Waals surface area contributed by atoms with Crippen LogP contribution < -0.4 is 20.0 Å². The summed E-state index contributed by atoms with van der Waals surface area (Å²) in [4.78, 5) is 23.2. The Morgan fingerprint density at radius 1 is 1.03 bits per heavy atom. The first kappa shape index (κ1) is 26.7. The van der Waals surface area contributed by atoms with Crippen molar-refractivity contribution in [2.45, 2.75) is 33.6 Å². The number of hydrogen-bond donors (Lipinski definition) is 3. The molecule has 0 bridgehead atoms. The van der Waals surface area contributed by atoms with Crippen molar-refractivity contribution < 1.29 is 29.0 Å². The summed E-state index contributed by atoms with van der Waals surface area (Å²) in [6, 6.07) is 14.8. The van der Waals surface area contributed by atoms with Gasteiger partial charge in [0.2, 0.25) is 5.36 Å². The van der Waals surface area contributed by atoms with Crippen molar-refractivity contribution in [2.24, 2.45) is 0 Å². The third-order valence-electron chi connectivity index (χ3n) is 6.63. The zero-order chi connectivity index (χ0) is 27.4. The molecule has 2 aromatic carbocycles. The fourth-order valence-corrected chi connectivity index (χ4v) is 4.54. The van der Waals surface area contributed by atoms with Crippen LogP contribution >= 0.6 is 0 Å². The number of nitrogens with zero attached hydrogens (tertiary/aromatic N) is 1. The van der Waals surface area contributed by atoms with Gasteiger partial charge in [-0.3, -0.25) is 4.79 Å². The van der Waals surface area contributed by atoms with Crippen molar-refractivity contribution in [3.05, 3.63) is 65.0 Å². The maximum atomic E-state index is 12.4. The molecule has 8 heteroatoms. The molecule has 0 unspecified atom stereocenters. The van der Waals surface area contributed by atoms with Crippen molar-refractivity contribution >= 4 is 28.6 Å². The van der Waals surface area contributed by atoms with E-state index in [4.69, 9.17) is 14.3 Å². The molecule has 198 valence electrons. The second-order valence-electron chi connectivity index (χ2n) is 9.22. The predicted molar refractivity (Wildman–Crippen MR) is 148 cm³/mol. The van der Waals surface area contributed by atoms with Crippen LogP contribution in [0.15, 0.2) is 52.9 Å². The van der Waals surface area contributed by atoms with Crippen LogP contribution in [-0.4, -0.2) is 48.9 Å². The number of carboxylic acid groups (broad SMARTS) is 2. The SMILES string of the molecule is CCNc1cc2oc3cc(=[N+](C)CC)ccc-3c(-c3cc(OCCCC(=O)O)ccc3C(=O)O)c2cc1C. The van der Waals surface area contributed by atoms with E-state index >= 15 is 0 Å². The molecular formula is C30H33N2O6+. The summed E-state index contributed by atoms with van der Waals surface area (Å²) in [5, 5.41) is 24.2. The molecule has 0 saturated carbocycles. The molecule has 38 heavy (non-hydrogen) atoms. The zero-order valence-electron chi connectivity index (χ0n) is 22.1. The van der Waals surface area contributed by atoms with E-state index in [-0.39, 0.29) is 18.6 Å². The Bertz CT molecular complexity index is 1550. The van der Waals surface area contributed by atoms with Crippen LogP contribution in [0.4, 0.5) is 5.69 Å². The van der Waals surface area contributed by atoms with Crippen LogP contribution in [0.5, 0.6) is 5.75 Å². The molecule has 0 saturated heterocycles. The number of fused-ring (bicyclic) bond motifs is 2. The number of benzene rings is 3. The molecule has 3 N–H and O–H groups in total. The standard InChI is InChI=1S/C30H32N2O6/c1-5-31-25-17-27-24(14-18(25)3)29(22-11-9-19(32(4)6-2)15-26(22)38-27)23-16-20(10-12-21(23)30(35)36)37-13-7-8-28(33)34/h9-12,14-17H,5-8,13H2,1-4H3,(H2,33,34,35,36)/p+1. The maximum Gasteiger partial charge on any atom is 0.336 e. The lowest BCUT2D eigenvalue weighted by Gasteiger charge is -2.19. The summed E-state index contributed by atoms with van der Waals surface area (Å²) in [7, 11) is 2.00. The Hall–Kier alpha value is -4.33. The molecule has 1 aliphatic heterocycles. The quantitative estimate of drug-likeness (QED) is 0.148. The van der Waals surface area contributed by atoms with Gasteiger partial charge < -0.3 is 24.7 Å². The number of hydrogen-bond acceptors (Lipinski definition) is 5. The first-order chi connectivity index (χ1) is 18.2. The number of rotatable bonds is 10. The Kier molecular flexibility index (Phi) is 8.00. The van der Waals surface area contributed by atoms with Crippen LogP contribution in [0.1, 0.15) is 42.6 Å². The summed E-state index contributed by atoms with van der Waals surface area (Å²) < 4.78 is 14.3. The molecule has 0 amide bonds. The van der Waals surface area contributed by atoms with E-state index in [9.17, 15) is 14.7 Å². The van der Waals surface area contributed by atoms with E-state index in [0.29, 0.717) is 29.1 Å². The lowest BCUT2D eigenvalue weighted by molar-refractivity contribution is -0.137. The van der Waals surface area contributed by atoms with Gasteiger partial charge in [0.1, 0.15) is 30.7 Å². The van der Waals surface area contributed by atoms with Crippen molar-refractivity contribution in [1.82, 2.24) is 4.58 Å². The number of aryl methyl sites for hydroxylation is 1. The van der Waals surface area contributed by atoms with E-state index in [1.807, 2.05) is 51.2 Å². The van der Waals surface area contributed by atoms with E-state index in [0.717, 1.165) is 46.2 Å². The molecule has 8 nitrogen and oxygen atoms in total. The van der Waals surface area contributed by atoms with Gasteiger partial charge in [-0.25, -0.2) is 9.37 Å². The fraction of sp³-hybridized carbons (Fsp3) is 0.300. The van der Waals surface area contributed by atoms with E-state index in [1.165, 1.54) is 6.07 Å². The summed E-state index contributed by atoms with van der Waals surface area (Å²) in [5.74, 6) is -0.828. The summed E-state index contributed by atoms with van der Waals surface area (Å²) in [6.07, 6.45) is 0.346. The topological polar surface area (TPSA) is 112 Å². The number of ether oxygens (including phenoxy) is 1. The molecule has 0 aromatic heterocycles. The highest BCUT2D eigenvalue weighted by Crippen LogP contribution is 2.43. The highest BCUT2D eigenvalue weighted by molar-refractivity contribution is 6.08. The molecule has 1 aliphatic carbocycles. The van der Waals surface area contributed by atoms with Gasteiger partial charge >= 0.3 is 11.9 Å². The van der Waals surface area contributed by atoms with Crippen LogP contribution in [-0.2, 0) is 4.79 Å². The molecule has 0 radical (unpaired) electrons. The largest absolute Gasteiger partial charge is 0.494 e. The lowest BCUT2D eigenvalue weighted by Crippen LogP contribution is -2.25. The summed E-state index contributed by atoms with van der Waals surface area (Å²) in [6.45, 7) is 7.88. The zero-order valence-corrected chi connectivity index (χ0v) is 22.1. The van der Waals surface area contributed by atoms with Crippen molar-refractivity contribution in [3.63, 3.8) is 0 Å². The number of nitrogens with one attached hydrogen (secondary N) is 1. The predicted octanol–water partition coefficient (Wildman–Crippen LogP) is 5.31. The van der Waals surface area contributed by atoms with Gasteiger partial charge in [-0.05, 0) is 63.1 Å². The van der Waals surface area contributed by atoms with Crippen LogP contribution in [0.3, 0.4) is 0 Å². The second-order valence-corrected chi connectivity index (χ2v) is 9.22. The first-order valence-electron chi connectivity index (χ1n) is 12.7. The maximum absolute atomic E-state index is 12.4. The number of anilines is 1. The average Bonchev–Trinajstić information content (AvgIpc) is 2.89. The third-order valence-corrected chi connectivity index (χ3v) is 6.63. The first-order valence-corrected chi connectivity index (χ1v) is 12.7. The van der Waals surface area contributed by atoms with Gasteiger partial charge in [0, 0.05) is 52.9 Å². The fourth-order valence-electron chi connectivity index (χ4n) is 4.54. The molecule has 0 atom stereocenters. The third kappa shape index (κ3) is 5.49. The number of aliphatic carboxylic acids is 1. The Morgan fingerprint density at radius 2 is 1.82 bits per heavy atom. The molecule has 1 heterocycles. The van der Waals surface area contributed by atoms with Crippen LogP contribution in [0.2, 0.25) is 0 Å². The minimum Gasteiger partial charge on any atom is -0.494 e. The monoisotopic (exact) mass is 517 g/mol. The molecule has 4 rings (SSSR count). The summed E-state index contributed by atoms with van der Waals surface area (Å²) in [5.41, 5.74) is 4.76. The van der Waals surface area contributed by atoms with E-state index in [2.05, 4.69) is 16.8 Å². The van der Waals surface area contributed by atoms with Crippen molar-refractivity contribution in [1.29, 1.82) is 0 Å². The lowest BCUT2D eigenvalue weighted by atomic mass is 9.90. The van der Waals surface area contributed by atoms with Gasteiger partial charge in [0.25, 0.3) is 0 Å². The smallest absolute Gasteiger partial charge is 0.336 e. The van der Waals surface area contributed by atoms with E-state index in [1.54, 1.807) is 12.1 Å². The average molecular weight is 518 g/mol. The van der Waals surface area contributed by atoms with Gasteiger partial charge in [0.05, 0.1) is 18.2 Å². The van der Waals surface area contributed by atoms with Crippen molar-refractivity contribution in [2.75, 3.05) is 32.1 Å². The van der Waals surface area contributed by atoms with Gasteiger partial charge in [0.15, 0.2) is 0 Å². The van der Waals surface area contributed by atoms with Gasteiger partial charge in [-0.2, -0.15) is 0 Å². The van der Waals surface area contributed by atoms with Crippen LogP contribution in [0.25, 0.3) is 33.4 Å². The highest BCUT2D eigenvalue weighted by Gasteiger charge is 2.23. The molecule has 0 spiro atoms. The second kappa shape index (κ2) is 11.4. The highest BCUT2D eigenvalue weighted by atomic mass is 16.5. The number of carbonyl (C=O) groups is 2. The molecule has 2 aromatic rings. The molecule has 2 aliphatic rings. The Labute approximate surface area is 221 Å². The normalized spacial score (nSPS) is 12.0.